The fourth-order valence-electron chi connectivity index (χ4n) is 1.04. The first-order chi connectivity index (χ1) is 5.77. The summed E-state index contributed by atoms with van der Waals surface area (Å²) in [6, 6.07) is 1.78. The van der Waals surface area contributed by atoms with Crippen molar-refractivity contribution < 1.29 is 0 Å². The summed E-state index contributed by atoms with van der Waals surface area (Å²) in [5.74, 6) is 0. The van der Waals surface area contributed by atoms with Gasteiger partial charge in [-0.1, -0.05) is 11.6 Å². The maximum Gasteiger partial charge on any atom is 0.116 e. The molecule has 0 saturated carbocycles. The van der Waals surface area contributed by atoms with Crippen LogP contribution in [-0.4, -0.2) is 15.0 Å². The molecule has 0 saturated heterocycles. The van der Waals surface area contributed by atoms with E-state index in [0.29, 0.717) is 5.02 Å². The van der Waals surface area contributed by atoms with E-state index in [4.69, 9.17) is 11.6 Å². The zero-order chi connectivity index (χ0) is 8.55. The summed E-state index contributed by atoms with van der Waals surface area (Å²) < 4.78 is 0. The van der Waals surface area contributed by atoms with Gasteiger partial charge in [-0.3, -0.25) is 4.98 Å². The van der Waals surface area contributed by atoms with Gasteiger partial charge < -0.3 is 0 Å². The lowest BCUT2D eigenvalue weighted by Gasteiger charge is -1.97. The Balaban J connectivity index is 2.86. The maximum atomic E-state index is 5.75. The van der Waals surface area contributed by atoms with Crippen molar-refractivity contribution in [3.05, 3.63) is 29.3 Å². The topological polar surface area (TPSA) is 38.7 Å². The van der Waals surface area contributed by atoms with Crippen LogP contribution in [0.5, 0.6) is 0 Å². The predicted molar refractivity (Wildman–Crippen MR) is 47.1 cm³/mol. The molecule has 0 atom stereocenters. The molecule has 0 N–H and O–H groups in total. The van der Waals surface area contributed by atoms with E-state index < -0.39 is 0 Å². The Bertz CT molecular complexity index is 428. The molecular formula is C8H6ClN3. The van der Waals surface area contributed by atoms with Crippen molar-refractivity contribution in [2.75, 3.05) is 0 Å². The van der Waals surface area contributed by atoms with Crippen LogP contribution in [0.4, 0.5) is 0 Å². The minimum absolute atomic E-state index is 0.598. The van der Waals surface area contributed by atoms with Crippen molar-refractivity contribution in [3.8, 4) is 0 Å². The van der Waals surface area contributed by atoms with Crippen molar-refractivity contribution in [1.82, 2.24) is 15.0 Å². The third-order valence-corrected chi connectivity index (χ3v) is 1.83. The molecule has 2 aromatic rings. The highest BCUT2D eigenvalue weighted by Gasteiger charge is 2.00. The summed E-state index contributed by atoms with van der Waals surface area (Å²) in [6.07, 6.45) is 3.11. The van der Waals surface area contributed by atoms with Gasteiger partial charge in [0.1, 0.15) is 11.8 Å². The van der Waals surface area contributed by atoms with Gasteiger partial charge in [-0.25, -0.2) is 9.97 Å². The Hall–Kier alpha value is -1.22. The van der Waals surface area contributed by atoms with Crippen LogP contribution in [0.2, 0.25) is 5.02 Å². The van der Waals surface area contributed by atoms with Gasteiger partial charge in [-0.2, -0.15) is 0 Å². The number of aromatic nitrogens is 3. The van der Waals surface area contributed by atoms with Gasteiger partial charge >= 0.3 is 0 Å². The van der Waals surface area contributed by atoms with E-state index in [1.165, 1.54) is 6.33 Å². The molecule has 3 nitrogen and oxygen atoms in total. The molecule has 0 amide bonds. The van der Waals surface area contributed by atoms with Gasteiger partial charge in [0.25, 0.3) is 0 Å². The number of hydrogen-bond acceptors (Lipinski definition) is 3. The van der Waals surface area contributed by atoms with Crippen molar-refractivity contribution in [2.45, 2.75) is 6.92 Å². The first-order valence-electron chi connectivity index (χ1n) is 3.50. The number of fused-ring (bicyclic) bond motifs is 1. The molecule has 0 bridgehead atoms. The molecule has 2 rings (SSSR count). The van der Waals surface area contributed by atoms with E-state index in [1.807, 2.05) is 6.92 Å². The SMILES string of the molecule is Cc1ncnc2cc(Cl)cnc12. The van der Waals surface area contributed by atoms with Gasteiger partial charge in [0, 0.05) is 6.20 Å². The third-order valence-electron chi connectivity index (χ3n) is 1.63. The van der Waals surface area contributed by atoms with Crippen LogP contribution in [0.25, 0.3) is 11.0 Å². The molecule has 0 aliphatic carbocycles. The highest BCUT2D eigenvalue weighted by atomic mass is 35.5. The molecule has 0 unspecified atom stereocenters. The van der Waals surface area contributed by atoms with Crippen LogP contribution in [-0.2, 0) is 0 Å². The number of aryl methyl sites for hydroxylation is 1. The molecule has 0 aliphatic heterocycles. The van der Waals surface area contributed by atoms with E-state index in [1.54, 1.807) is 12.3 Å². The van der Waals surface area contributed by atoms with Crippen LogP contribution >= 0.6 is 11.6 Å². The highest BCUT2D eigenvalue weighted by Crippen LogP contribution is 2.15. The summed E-state index contributed by atoms with van der Waals surface area (Å²) in [5.41, 5.74) is 2.47. The van der Waals surface area contributed by atoms with Gasteiger partial charge in [0.15, 0.2) is 0 Å². The molecule has 0 aliphatic rings. The molecule has 12 heavy (non-hydrogen) atoms. The second-order valence-electron chi connectivity index (χ2n) is 2.48. The standard InChI is InChI=1S/C8H6ClN3/c1-5-8-7(12-4-11-5)2-6(9)3-10-8/h2-4H,1H3. The maximum absolute atomic E-state index is 5.75. The lowest BCUT2D eigenvalue weighted by molar-refractivity contribution is 1.13. The lowest BCUT2D eigenvalue weighted by atomic mass is 10.3. The fourth-order valence-corrected chi connectivity index (χ4v) is 1.20. The van der Waals surface area contributed by atoms with E-state index in [-0.39, 0.29) is 0 Å². The highest BCUT2D eigenvalue weighted by molar-refractivity contribution is 6.31. The average molecular weight is 180 g/mol. The third kappa shape index (κ3) is 1.12. The van der Waals surface area contributed by atoms with Gasteiger partial charge in [-0.15, -0.1) is 0 Å². The van der Waals surface area contributed by atoms with Crippen molar-refractivity contribution >= 4 is 22.6 Å². The zero-order valence-electron chi connectivity index (χ0n) is 6.45. The molecule has 0 radical (unpaired) electrons. The number of hydrogen-bond donors (Lipinski definition) is 0. The summed E-state index contributed by atoms with van der Waals surface area (Å²) in [6.45, 7) is 1.89. The monoisotopic (exact) mass is 179 g/mol. The first-order valence-corrected chi connectivity index (χ1v) is 3.88. The Morgan fingerprint density at radius 2 is 2.08 bits per heavy atom. The van der Waals surface area contributed by atoms with Crippen LogP contribution in [0.1, 0.15) is 5.69 Å². The number of pyridine rings is 1. The quantitative estimate of drug-likeness (QED) is 0.621. The van der Waals surface area contributed by atoms with Crippen molar-refractivity contribution in [1.29, 1.82) is 0 Å². The Morgan fingerprint density at radius 3 is 2.92 bits per heavy atom. The van der Waals surface area contributed by atoms with E-state index in [9.17, 15) is 0 Å². The molecular weight excluding hydrogens is 174 g/mol. The van der Waals surface area contributed by atoms with Gasteiger partial charge in [0.2, 0.25) is 0 Å². The average Bonchev–Trinajstić information content (AvgIpc) is 2.04. The number of nitrogens with zero attached hydrogens (tertiary/aromatic N) is 3. The molecule has 0 spiro atoms. The second-order valence-corrected chi connectivity index (χ2v) is 2.92. The summed E-state index contributed by atoms with van der Waals surface area (Å²) in [5, 5.41) is 0.598. The first kappa shape index (κ1) is 7.43. The van der Waals surface area contributed by atoms with Crippen LogP contribution in [0.15, 0.2) is 18.6 Å². The molecule has 2 aromatic heterocycles. The van der Waals surface area contributed by atoms with Gasteiger partial charge in [0.05, 0.1) is 16.2 Å². The summed E-state index contributed by atoms with van der Waals surface area (Å²) in [7, 11) is 0. The number of rotatable bonds is 0. The fraction of sp³-hybridized carbons (Fsp3) is 0.125. The van der Waals surface area contributed by atoms with E-state index in [0.717, 1.165) is 16.7 Å². The predicted octanol–water partition coefficient (Wildman–Crippen LogP) is 1.99. The molecule has 0 aromatic carbocycles. The molecule has 0 fully saturated rings. The van der Waals surface area contributed by atoms with Gasteiger partial charge in [-0.05, 0) is 13.0 Å². The smallest absolute Gasteiger partial charge is 0.116 e. The lowest BCUT2D eigenvalue weighted by Crippen LogP contribution is -1.89. The van der Waals surface area contributed by atoms with E-state index in [2.05, 4.69) is 15.0 Å². The largest absolute Gasteiger partial charge is 0.251 e. The van der Waals surface area contributed by atoms with Crippen molar-refractivity contribution in [2.24, 2.45) is 0 Å². The Labute approximate surface area is 74.4 Å². The molecule has 60 valence electrons. The Morgan fingerprint density at radius 1 is 1.25 bits per heavy atom. The zero-order valence-corrected chi connectivity index (χ0v) is 7.21. The van der Waals surface area contributed by atoms with E-state index >= 15 is 0 Å². The second kappa shape index (κ2) is 2.68. The normalized spacial score (nSPS) is 10.5. The van der Waals surface area contributed by atoms with Crippen LogP contribution in [0.3, 0.4) is 0 Å². The summed E-state index contributed by atoms with van der Waals surface area (Å²) >= 11 is 5.75. The summed E-state index contributed by atoms with van der Waals surface area (Å²) in [4.78, 5) is 12.2. The minimum atomic E-state index is 0.598. The minimum Gasteiger partial charge on any atom is -0.251 e. The Kier molecular flexibility index (Phi) is 1.66. The van der Waals surface area contributed by atoms with Crippen LogP contribution in [0, 0.1) is 6.92 Å². The van der Waals surface area contributed by atoms with Crippen LogP contribution < -0.4 is 0 Å². The molecule has 2 heterocycles. The van der Waals surface area contributed by atoms with Crippen molar-refractivity contribution in [3.63, 3.8) is 0 Å². The number of halogens is 1. The molecule has 4 heteroatoms.